The minimum absolute atomic E-state index is 0.342. The Labute approximate surface area is 74.2 Å². The lowest BCUT2D eigenvalue weighted by atomic mass is 10.4. The highest BCUT2D eigenvalue weighted by molar-refractivity contribution is 7.88. The third-order valence-electron chi connectivity index (χ3n) is 2.29. The molecule has 1 fully saturated rings. The van der Waals surface area contributed by atoms with Crippen LogP contribution in [0.3, 0.4) is 0 Å². The maximum Gasteiger partial charge on any atom is 0.272 e. The van der Waals surface area contributed by atoms with Crippen molar-refractivity contribution in [2.24, 2.45) is 0 Å². The molecule has 1 aliphatic carbocycles. The minimum atomic E-state index is -3.26. The molecule has 0 atom stereocenters. The Balaban J connectivity index is 2.40. The van der Waals surface area contributed by atoms with E-state index in [4.69, 9.17) is 4.18 Å². The molecule has 0 N–H and O–H groups in total. The van der Waals surface area contributed by atoms with Gasteiger partial charge in [-0.2, -0.15) is 8.42 Å². The van der Waals surface area contributed by atoms with Crippen molar-refractivity contribution in [3.63, 3.8) is 0 Å². The van der Waals surface area contributed by atoms with E-state index in [1.807, 2.05) is 6.92 Å². The summed E-state index contributed by atoms with van der Waals surface area (Å²) in [6.07, 6.45) is 3.28. The van der Waals surface area contributed by atoms with Crippen LogP contribution < -0.4 is 0 Å². The fraction of sp³-hybridized carbons (Fsp3) is 1.00. The zero-order valence-corrected chi connectivity index (χ0v) is 8.49. The average molecular weight is 192 g/mol. The molecular weight excluding hydrogens is 176 g/mol. The molecule has 12 heavy (non-hydrogen) atoms. The van der Waals surface area contributed by atoms with E-state index >= 15 is 0 Å². The van der Waals surface area contributed by atoms with Gasteiger partial charge in [-0.25, -0.2) is 0 Å². The summed E-state index contributed by atoms with van der Waals surface area (Å²) in [7, 11) is -3.26. The van der Waals surface area contributed by atoms with Gasteiger partial charge in [0.05, 0.1) is 11.4 Å². The lowest BCUT2D eigenvalue weighted by Crippen LogP contribution is -2.22. The predicted octanol–water partition coefficient (Wildman–Crippen LogP) is 1.69. The Kier molecular flexibility index (Phi) is 2.78. The molecule has 0 bridgehead atoms. The summed E-state index contributed by atoms with van der Waals surface area (Å²) >= 11 is 0. The highest BCUT2D eigenvalue weighted by Gasteiger charge is 2.50. The lowest BCUT2D eigenvalue weighted by Gasteiger charge is -2.09. The molecule has 0 heterocycles. The van der Waals surface area contributed by atoms with Gasteiger partial charge < -0.3 is 0 Å². The molecule has 4 heteroatoms. The van der Waals surface area contributed by atoms with E-state index in [9.17, 15) is 8.42 Å². The number of hydrogen-bond acceptors (Lipinski definition) is 3. The Morgan fingerprint density at radius 2 is 2.00 bits per heavy atom. The third kappa shape index (κ3) is 1.98. The molecule has 1 saturated carbocycles. The van der Waals surface area contributed by atoms with Crippen molar-refractivity contribution in [2.45, 2.75) is 44.3 Å². The molecule has 0 aliphatic heterocycles. The van der Waals surface area contributed by atoms with Crippen LogP contribution in [0.2, 0.25) is 0 Å². The van der Waals surface area contributed by atoms with Gasteiger partial charge >= 0.3 is 0 Å². The van der Waals surface area contributed by atoms with Crippen molar-refractivity contribution < 1.29 is 12.6 Å². The topological polar surface area (TPSA) is 43.4 Å². The molecule has 0 amide bonds. The van der Waals surface area contributed by atoms with E-state index in [-0.39, 0.29) is 0 Å². The predicted molar refractivity (Wildman–Crippen MR) is 47.4 cm³/mol. The highest BCUT2D eigenvalue weighted by atomic mass is 32.2. The largest absolute Gasteiger partial charge is 0.272 e. The monoisotopic (exact) mass is 192 g/mol. The fourth-order valence-electron chi connectivity index (χ4n) is 0.881. The lowest BCUT2D eigenvalue weighted by molar-refractivity contribution is 0.304. The van der Waals surface area contributed by atoms with Gasteiger partial charge in [-0.05, 0) is 26.2 Å². The van der Waals surface area contributed by atoms with Gasteiger partial charge in [-0.15, -0.1) is 0 Å². The molecule has 0 radical (unpaired) electrons. The molecule has 0 saturated heterocycles. The van der Waals surface area contributed by atoms with Gasteiger partial charge in [0.15, 0.2) is 0 Å². The number of unbranched alkanes of at least 4 members (excludes halogenated alkanes) is 1. The van der Waals surface area contributed by atoms with Crippen molar-refractivity contribution in [1.82, 2.24) is 0 Å². The van der Waals surface area contributed by atoms with Crippen LogP contribution in [0.4, 0.5) is 0 Å². The minimum Gasteiger partial charge on any atom is -0.270 e. The summed E-state index contributed by atoms with van der Waals surface area (Å²) in [4.78, 5) is 0. The molecule has 0 aromatic heterocycles. The SMILES string of the molecule is CCCCOS(=O)(=O)C1(C)CC1. The average Bonchev–Trinajstić information content (AvgIpc) is 2.70. The van der Waals surface area contributed by atoms with Crippen LogP contribution in [0.25, 0.3) is 0 Å². The van der Waals surface area contributed by atoms with Gasteiger partial charge in [0.2, 0.25) is 0 Å². The highest BCUT2D eigenvalue weighted by Crippen LogP contribution is 2.43. The molecular formula is C8H16O3S. The first kappa shape index (κ1) is 9.99. The maximum atomic E-state index is 11.4. The van der Waals surface area contributed by atoms with Crippen LogP contribution in [0.15, 0.2) is 0 Å². The Morgan fingerprint density at radius 1 is 1.42 bits per heavy atom. The van der Waals surface area contributed by atoms with E-state index in [1.165, 1.54) is 0 Å². The first-order valence-electron chi connectivity index (χ1n) is 4.41. The van der Waals surface area contributed by atoms with Crippen molar-refractivity contribution in [3.8, 4) is 0 Å². The molecule has 0 aromatic carbocycles. The van der Waals surface area contributed by atoms with Crippen LogP contribution in [0.1, 0.15) is 39.5 Å². The molecule has 3 nitrogen and oxygen atoms in total. The summed E-state index contributed by atoms with van der Waals surface area (Å²) in [6, 6.07) is 0. The first-order valence-corrected chi connectivity index (χ1v) is 5.82. The number of rotatable bonds is 5. The van der Waals surface area contributed by atoms with E-state index in [1.54, 1.807) is 6.92 Å². The molecule has 0 spiro atoms. The van der Waals surface area contributed by atoms with Crippen molar-refractivity contribution in [2.75, 3.05) is 6.61 Å². The smallest absolute Gasteiger partial charge is 0.270 e. The standard InChI is InChI=1S/C8H16O3S/c1-3-4-7-11-12(9,10)8(2)5-6-8/h3-7H2,1-2H3. The van der Waals surface area contributed by atoms with Crippen molar-refractivity contribution in [1.29, 1.82) is 0 Å². The Morgan fingerprint density at radius 3 is 2.42 bits per heavy atom. The van der Waals surface area contributed by atoms with E-state index in [0.29, 0.717) is 6.61 Å². The van der Waals surface area contributed by atoms with Crippen LogP contribution >= 0.6 is 0 Å². The van der Waals surface area contributed by atoms with E-state index in [0.717, 1.165) is 25.7 Å². The number of hydrogen-bond donors (Lipinski definition) is 0. The maximum absolute atomic E-state index is 11.4. The zero-order chi connectivity index (χ0) is 9.24. The Hall–Kier alpha value is -0.0900. The summed E-state index contributed by atoms with van der Waals surface area (Å²) in [5, 5.41) is 0. The van der Waals surface area contributed by atoms with Gasteiger partial charge in [0, 0.05) is 0 Å². The van der Waals surface area contributed by atoms with Crippen LogP contribution in [-0.4, -0.2) is 19.8 Å². The third-order valence-corrected chi connectivity index (χ3v) is 4.39. The molecule has 0 aromatic rings. The molecule has 0 unspecified atom stereocenters. The molecule has 1 rings (SSSR count). The summed E-state index contributed by atoms with van der Waals surface area (Å²) in [6.45, 7) is 4.09. The Bertz CT molecular complexity index is 239. The summed E-state index contributed by atoms with van der Waals surface area (Å²) < 4.78 is 27.0. The van der Waals surface area contributed by atoms with Crippen molar-refractivity contribution in [3.05, 3.63) is 0 Å². The summed E-state index contributed by atoms with van der Waals surface area (Å²) in [5.41, 5.74) is 0. The van der Waals surface area contributed by atoms with Crippen LogP contribution in [0.5, 0.6) is 0 Å². The van der Waals surface area contributed by atoms with Crippen molar-refractivity contribution >= 4 is 10.1 Å². The molecule has 72 valence electrons. The van der Waals surface area contributed by atoms with Gasteiger partial charge in [0.1, 0.15) is 0 Å². The second-order valence-electron chi connectivity index (χ2n) is 3.58. The van der Waals surface area contributed by atoms with Crippen LogP contribution in [0, 0.1) is 0 Å². The van der Waals surface area contributed by atoms with Gasteiger partial charge in [-0.3, -0.25) is 4.18 Å². The second kappa shape index (κ2) is 3.34. The van der Waals surface area contributed by atoms with E-state index in [2.05, 4.69) is 0 Å². The second-order valence-corrected chi connectivity index (χ2v) is 5.71. The first-order chi connectivity index (χ1) is 5.52. The normalized spacial score (nSPS) is 20.8. The quantitative estimate of drug-likeness (QED) is 0.491. The van der Waals surface area contributed by atoms with E-state index < -0.39 is 14.9 Å². The summed E-state index contributed by atoms with van der Waals surface area (Å²) in [5.74, 6) is 0. The van der Waals surface area contributed by atoms with Gasteiger partial charge in [-0.1, -0.05) is 13.3 Å². The molecule has 1 aliphatic rings. The van der Waals surface area contributed by atoms with Gasteiger partial charge in [0.25, 0.3) is 10.1 Å². The van der Waals surface area contributed by atoms with Crippen LogP contribution in [-0.2, 0) is 14.3 Å². The fourth-order valence-corrected chi connectivity index (χ4v) is 2.11. The zero-order valence-electron chi connectivity index (χ0n) is 7.67.